The first-order chi connectivity index (χ1) is 6.55. The molecular weight excluding hydrogens is 298 g/mol. The van der Waals surface area contributed by atoms with E-state index in [0.29, 0.717) is 0 Å². The SMILES string of the molecule is O=S(=O)([O-])[C@@H](O)CCC[C@H](O)S(=O)(=O)[O-].[Na+].[Na+]. The van der Waals surface area contributed by atoms with E-state index in [9.17, 15) is 25.9 Å². The second-order valence-electron chi connectivity index (χ2n) is 2.83. The van der Waals surface area contributed by atoms with E-state index in [4.69, 9.17) is 10.2 Å². The molecule has 0 saturated heterocycles. The molecule has 0 radical (unpaired) electrons. The minimum atomic E-state index is -4.84. The third-order valence-corrected chi connectivity index (χ3v) is 3.37. The number of rotatable bonds is 6. The van der Waals surface area contributed by atoms with Gasteiger partial charge in [0.25, 0.3) is 0 Å². The molecule has 0 aliphatic carbocycles. The van der Waals surface area contributed by atoms with Crippen molar-refractivity contribution in [1.82, 2.24) is 0 Å². The fourth-order valence-corrected chi connectivity index (χ4v) is 1.67. The van der Waals surface area contributed by atoms with Gasteiger partial charge in [0.2, 0.25) is 0 Å². The van der Waals surface area contributed by atoms with Gasteiger partial charge in [-0.3, -0.25) is 0 Å². The standard InChI is InChI=1S/C5H12O8S2.2Na/c6-4(14(8,9)10)2-1-3-5(7)15(11,12)13;;/h4-7H,1-3H2,(H,8,9,10)(H,11,12,13);;/q;2*+1/p-2/t4-,5-;;/m1../s1. The third kappa shape index (κ3) is 11.3. The zero-order valence-corrected chi connectivity index (χ0v) is 15.1. The summed E-state index contributed by atoms with van der Waals surface area (Å²) < 4.78 is 60.9. The summed E-state index contributed by atoms with van der Waals surface area (Å²) >= 11 is 0. The molecule has 0 aromatic carbocycles. The molecule has 2 atom stereocenters. The maximum absolute atomic E-state index is 10.2. The minimum Gasteiger partial charge on any atom is -0.746 e. The van der Waals surface area contributed by atoms with Crippen LogP contribution in [-0.4, -0.2) is 47.0 Å². The normalized spacial score (nSPS) is 15.3. The maximum atomic E-state index is 10.2. The predicted octanol–water partition coefficient (Wildman–Crippen LogP) is -8.11. The van der Waals surface area contributed by atoms with E-state index in [1.54, 1.807) is 0 Å². The van der Waals surface area contributed by atoms with Gasteiger partial charge >= 0.3 is 59.1 Å². The van der Waals surface area contributed by atoms with Crippen molar-refractivity contribution < 1.29 is 95.3 Å². The number of aliphatic hydroxyl groups is 2. The van der Waals surface area contributed by atoms with E-state index in [1.807, 2.05) is 0 Å². The summed E-state index contributed by atoms with van der Waals surface area (Å²) in [6.45, 7) is 0. The van der Waals surface area contributed by atoms with Gasteiger partial charge in [0.15, 0.2) is 0 Å². The average Bonchev–Trinajstić information content (AvgIpc) is 2.00. The molecule has 0 saturated carbocycles. The van der Waals surface area contributed by atoms with Crippen molar-refractivity contribution >= 4 is 20.2 Å². The Bertz CT molecular complexity index is 352. The largest absolute Gasteiger partial charge is 1.00 e. The predicted molar refractivity (Wildman–Crippen MR) is 45.3 cm³/mol. The Morgan fingerprint density at radius 2 is 1.06 bits per heavy atom. The summed E-state index contributed by atoms with van der Waals surface area (Å²) in [4.78, 5) is 0. The maximum Gasteiger partial charge on any atom is 1.00 e. The summed E-state index contributed by atoms with van der Waals surface area (Å²) in [6, 6.07) is 0. The Morgan fingerprint density at radius 1 is 0.824 bits per heavy atom. The van der Waals surface area contributed by atoms with Crippen LogP contribution in [0, 0.1) is 0 Å². The Morgan fingerprint density at radius 3 is 1.24 bits per heavy atom. The molecule has 0 aromatic rings. The van der Waals surface area contributed by atoms with Crippen LogP contribution in [0.15, 0.2) is 0 Å². The molecule has 0 aliphatic rings. The molecule has 8 nitrogen and oxygen atoms in total. The van der Waals surface area contributed by atoms with Crippen molar-refractivity contribution in [2.75, 3.05) is 0 Å². The van der Waals surface area contributed by atoms with Crippen molar-refractivity contribution in [2.45, 2.75) is 30.1 Å². The molecule has 12 heteroatoms. The van der Waals surface area contributed by atoms with E-state index < -0.39 is 43.9 Å². The zero-order chi connectivity index (χ0) is 12.3. The fraction of sp³-hybridized carbons (Fsp3) is 1.00. The van der Waals surface area contributed by atoms with Gasteiger partial charge in [0.1, 0.15) is 31.1 Å². The first-order valence-electron chi connectivity index (χ1n) is 3.80. The van der Waals surface area contributed by atoms with Crippen LogP contribution >= 0.6 is 0 Å². The van der Waals surface area contributed by atoms with E-state index >= 15 is 0 Å². The van der Waals surface area contributed by atoms with Crippen LogP contribution in [-0.2, 0) is 20.2 Å². The molecule has 0 spiro atoms. The van der Waals surface area contributed by atoms with E-state index in [2.05, 4.69) is 0 Å². The van der Waals surface area contributed by atoms with Crippen LogP contribution in [0.5, 0.6) is 0 Å². The van der Waals surface area contributed by atoms with Crippen LogP contribution in [0.2, 0.25) is 0 Å². The molecule has 0 unspecified atom stereocenters. The van der Waals surface area contributed by atoms with Gasteiger partial charge in [-0.05, 0) is 19.3 Å². The van der Waals surface area contributed by atoms with E-state index in [0.717, 1.165) is 0 Å². The molecule has 0 fully saturated rings. The van der Waals surface area contributed by atoms with Gasteiger partial charge in [-0.25, -0.2) is 16.8 Å². The number of aliphatic hydroxyl groups excluding tert-OH is 2. The summed E-state index contributed by atoms with van der Waals surface area (Å²) in [5.41, 5.74) is -4.31. The quantitative estimate of drug-likeness (QED) is 0.362. The third-order valence-electron chi connectivity index (χ3n) is 1.57. The van der Waals surface area contributed by atoms with Crippen molar-refractivity contribution in [3.63, 3.8) is 0 Å². The van der Waals surface area contributed by atoms with Crippen molar-refractivity contribution in [3.05, 3.63) is 0 Å². The summed E-state index contributed by atoms with van der Waals surface area (Å²) in [5, 5.41) is 17.4. The van der Waals surface area contributed by atoms with Gasteiger partial charge in [-0.15, -0.1) is 0 Å². The Balaban J connectivity index is -0.000000980. The summed E-state index contributed by atoms with van der Waals surface area (Å²) in [6.07, 6.45) is -1.33. The van der Waals surface area contributed by atoms with Gasteiger partial charge < -0.3 is 19.3 Å². The Hall–Kier alpha value is 1.74. The van der Waals surface area contributed by atoms with Crippen LogP contribution in [0.1, 0.15) is 19.3 Å². The van der Waals surface area contributed by atoms with Crippen LogP contribution in [0.4, 0.5) is 0 Å². The van der Waals surface area contributed by atoms with Gasteiger partial charge in [0.05, 0.1) is 0 Å². The Labute approximate surface area is 144 Å². The zero-order valence-electron chi connectivity index (χ0n) is 9.44. The molecule has 0 bridgehead atoms. The monoisotopic (exact) mass is 308 g/mol. The van der Waals surface area contributed by atoms with Gasteiger partial charge in [0, 0.05) is 0 Å². The summed E-state index contributed by atoms with van der Waals surface area (Å²) in [7, 11) is -9.68. The molecule has 17 heavy (non-hydrogen) atoms. The van der Waals surface area contributed by atoms with E-state index in [1.165, 1.54) is 0 Å². The molecule has 0 rings (SSSR count). The molecule has 0 amide bonds. The van der Waals surface area contributed by atoms with Gasteiger partial charge in [-0.2, -0.15) is 0 Å². The molecule has 0 heterocycles. The topological polar surface area (TPSA) is 155 Å². The van der Waals surface area contributed by atoms with Gasteiger partial charge in [-0.1, -0.05) is 0 Å². The smallest absolute Gasteiger partial charge is 0.746 e. The second kappa shape index (κ2) is 9.61. The fourth-order valence-electron chi connectivity index (χ4n) is 0.756. The molecule has 0 aromatic heterocycles. The van der Waals surface area contributed by atoms with Crippen molar-refractivity contribution in [3.8, 4) is 0 Å². The second-order valence-corrected chi connectivity index (χ2v) is 5.89. The molecule has 2 N–H and O–H groups in total. The number of hydrogen-bond donors (Lipinski definition) is 2. The van der Waals surface area contributed by atoms with Crippen molar-refractivity contribution in [2.24, 2.45) is 0 Å². The average molecular weight is 308 g/mol. The minimum absolute atomic E-state index is 0. The van der Waals surface area contributed by atoms with E-state index in [-0.39, 0.29) is 65.5 Å². The molecule has 0 aliphatic heterocycles. The van der Waals surface area contributed by atoms with Crippen LogP contribution < -0.4 is 59.1 Å². The number of hydrogen-bond acceptors (Lipinski definition) is 8. The molecule has 92 valence electrons. The summed E-state index contributed by atoms with van der Waals surface area (Å²) in [5.74, 6) is 0. The van der Waals surface area contributed by atoms with Crippen LogP contribution in [0.25, 0.3) is 0 Å². The Kier molecular flexibility index (Phi) is 13.5. The van der Waals surface area contributed by atoms with Crippen molar-refractivity contribution in [1.29, 1.82) is 0 Å². The van der Waals surface area contributed by atoms with Crippen LogP contribution in [0.3, 0.4) is 0 Å². The first-order valence-corrected chi connectivity index (χ1v) is 6.75. The molecular formula is C5H10Na2O8S2. The first kappa shape index (κ1) is 23.8.